The van der Waals surface area contributed by atoms with Crippen LogP contribution in [0.25, 0.3) is 0 Å². The van der Waals surface area contributed by atoms with Crippen molar-refractivity contribution >= 4 is 15.9 Å². The Morgan fingerprint density at radius 1 is 1.67 bits per heavy atom. The van der Waals surface area contributed by atoms with E-state index in [0.29, 0.717) is 10.4 Å². The van der Waals surface area contributed by atoms with E-state index in [1.165, 1.54) is 6.33 Å². The average Bonchev–Trinajstić information content (AvgIpc) is 1.98. The van der Waals surface area contributed by atoms with Gasteiger partial charge in [0.05, 0.1) is 12.0 Å². The van der Waals surface area contributed by atoms with Gasteiger partial charge in [0.15, 0.2) is 0 Å². The quantitative estimate of drug-likeness (QED) is 0.842. The number of rotatable bonds is 2. The van der Waals surface area contributed by atoms with Crippen LogP contribution in [-0.2, 0) is 6.42 Å². The van der Waals surface area contributed by atoms with E-state index in [1.807, 2.05) is 0 Å². The van der Waals surface area contributed by atoms with Crippen LogP contribution in [-0.4, -0.2) is 9.97 Å². The zero-order valence-electron chi connectivity index (χ0n) is 7.10. The molecule has 0 spiro atoms. The first-order chi connectivity index (χ1) is 5.61. The van der Waals surface area contributed by atoms with Crippen LogP contribution in [0.5, 0.6) is 0 Å². The van der Waals surface area contributed by atoms with Crippen molar-refractivity contribution in [2.75, 3.05) is 0 Å². The SMILES string of the molecule is CC(C)Cc1nc[nH]c(=O)c1Br. The van der Waals surface area contributed by atoms with Gasteiger partial charge in [-0.15, -0.1) is 0 Å². The molecule has 66 valence electrons. The largest absolute Gasteiger partial charge is 0.312 e. The smallest absolute Gasteiger partial charge is 0.265 e. The minimum absolute atomic E-state index is 0.111. The lowest BCUT2D eigenvalue weighted by Gasteiger charge is -2.04. The molecule has 0 aliphatic carbocycles. The topological polar surface area (TPSA) is 45.8 Å². The molecule has 1 heterocycles. The van der Waals surface area contributed by atoms with E-state index in [2.05, 4.69) is 39.7 Å². The Labute approximate surface area is 79.4 Å². The molecule has 0 aliphatic heterocycles. The molecule has 0 saturated carbocycles. The summed E-state index contributed by atoms with van der Waals surface area (Å²) in [4.78, 5) is 17.7. The van der Waals surface area contributed by atoms with Gasteiger partial charge >= 0.3 is 0 Å². The summed E-state index contributed by atoms with van der Waals surface area (Å²) in [6.45, 7) is 4.19. The summed E-state index contributed by atoms with van der Waals surface area (Å²) in [6, 6.07) is 0. The highest BCUT2D eigenvalue weighted by Gasteiger charge is 2.06. The lowest BCUT2D eigenvalue weighted by molar-refractivity contribution is 0.630. The fourth-order valence-corrected chi connectivity index (χ4v) is 1.33. The predicted octanol–water partition coefficient (Wildman–Crippen LogP) is 1.73. The molecule has 0 unspecified atom stereocenters. The molecule has 0 atom stereocenters. The van der Waals surface area contributed by atoms with Gasteiger partial charge in [0.25, 0.3) is 5.56 Å². The second-order valence-corrected chi connectivity index (χ2v) is 3.88. The molecule has 12 heavy (non-hydrogen) atoms. The molecule has 0 fully saturated rings. The van der Waals surface area contributed by atoms with Crippen LogP contribution in [0.2, 0.25) is 0 Å². The van der Waals surface area contributed by atoms with E-state index in [-0.39, 0.29) is 5.56 Å². The third-order valence-electron chi connectivity index (χ3n) is 1.47. The van der Waals surface area contributed by atoms with Gasteiger partial charge in [-0.25, -0.2) is 4.98 Å². The third kappa shape index (κ3) is 2.17. The van der Waals surface area contributed by atoms with E-state index in [4.69, 9.17) is 0 Å². The van der Waals surface area contributed by atoms with Crippen molar-refractivity contribution in [2.45, 2.75) is 20.3 Å². The zero-order valence-corrected chi connectivity index (χ0v) is 8.68. The molecule has 0 radical (unpaired) electrons. The summed E-state index contributed by atoms with van der Waals surface area (Å²) < 4.78 is 0.554. The van der Waals surface area contributed by atoms with E-state index in [9.17, 15) is 4.79 Å². The summed E-state index contributed by atoms with van der Waals surface area (Å²) in [6.07, 6.45) is 2.26. The van der Waals surface area contributed by atoms with Gasteiger partial charge in [0.2, 0.25) is 0 Å². The minimum Gasteiger partial charge on any atom is -0.312 e. The normalized spacial score (nSPS) is 10.7. The Hall–Kier alpha value is -0.640. The Bertz CT molecular complexity index is 319. The fraction of sp³-hybridized carbons (Fsp3) is 0.500. The van der Waals surface area contributed by atoms with E-state index < -0.39 is 0 Å². The van der Waals surface area contributed by atoms with Crippen LogP contribution in [0.3, 0.4) is 0 Å². The summed E-state index contributed by atoms with van der Waals surface area (Å²) in [5.74, 6) is 0.510. The Balaban J connectivity index is 3.00. The zero-order chi connectivity index (χ0) is 9.14. The van der Waals surface area contributed by atoms with Crippen LogP contribution in [0, 0.1) is 5.92 Å². The van der Waals surface area contributed by atoms with Gasteiger partial charge in [0.1, 0.15) is 4.47 Å². The molecule has 3 nitrogen and oxygen atoms in total. The number of halogens is 1. The summed E-state index contributed by atoms with van der Waals surface area (Å²) in [7, 11) is 0. The maximum atomic E-state index is 11.1. The number of nitrogens with one attached hydrogen (secondary N) is 1. The molecular formula is C8H11BrN2O. The molecule has 1 N–H and O–H groups in total. The second kappa shape index (κ2) is 3.85. The van der Waals surface area contributed by atoms with E-state index in [0.717, 1.165) is 12.1 Å². The molecule has 1 aromatic heterocycles. The maximum Gasteiger partial charge on any atom is 0.265 e. The highest BCUT2D eigenvalue weighted by Crippen LogP contribution is 2.11. The molecule has 1 aromatic rings. The monoisotopic (exact) mass is 230 g/mol. The number of H-pyrrole nitrogens is 1. The van der Waals surface area contributed by atoms with Crippen molar-refractivity contribution in [3.63, 3.8) is 0 Å². The van der Waals surface area contributed by atoms with Gasteiger partial charge in [-0.3, -0.25) is 4.79 Å². The Morgan fingerprint density at radius 2 is 2.33 bits per heavy atom. The van der Waals surface area contributed by atoms with Crippen LogP contribution >= 0.6 is 15.9 Å². The summed E-state index contributed by atoms with van der Waals surface area (Å²) in [5, 5.41) is 0. The molecule has 0 saturated heterocycles. The maximum absolute atomic E-state index is 11.1. The highest BCUT2D eigenvalue weighted by atomic mass is 79.9. The Morgan fingerprint density at radius 3 is 2.92 bits per heavy atom. The predicted molar refractivity (Wildman–Crippen MR) is 51.1 cm³/mol. The molecule has 0 amide bonds. The number of hydrogen-bond donors (Lipinski definition) is 1. The van der Waals surface area contributed by atoms with Crippen LogP contribution < -0.4 is 5.56 Å². The fourth-order valence-electron chi connectivity index (χ4n) is 0.949. The highest BCUT2D eigenvalue weighted by molar-refractivity contribution is 9.10. The van der Waals surface area contributed by atoms with Crippen molar-refractivity contribution in [1.82, 2.24) is 9.97 Å². The third-order valence-corrected chi connectivity index (χ3v) is 2.29. The van der Waals surface area contributed by atoms with Crippen molar-refractivity contribution in [3.8, 4) is 0 Å². The Kier molecular flexibility index (Phi) is 3.03. The molecule has 0 aliphatic rings. The van der Waals surface area contributed by atoms with Gasteiger partial charge in [-0.2, -0.15) is 0 Å². The van der Waals surface area contributed by atoms with Crippen molar-refractivity contribution in [3.05, 3.63) is 26.8 Å². The molecule has 0 aromatic carbocycles. The van der Waals surface area contributed by atoms with Crippen molar-refractivity contribution in [1.29, 1.82) is 0 Å². The molecule has 4 heteroatoms. The van der Waals surface area contributed by atoms with Crippen molar-refractivity contribution in [2.24, 2.45) is 5.92 Å². The number of nitrogens with zero attached hydrogens (tertiary/aromatic N) is 1. The lowest BCUT2D eigenvalue weighted by Crippen LogP contribution is -2.11. The van der Waals surface area contributed by atoms with Gasteiger partial charge in [-0.1, -0.05) is 13.8 Å². The molecular weight excluding hydrogens is 220 g/mol. The first kappa shape index (κ1) is 9.45. The first-order valence-corrected chi connectivity index (χ1v) is 4.62. The first-order valence-electron chi connectivity index (χ1n) is 3.83. The molecule has 1 rings (SSSR count). The molecule has 0 bridgehead atoms. The van der Waals surface area contributed by atoms with E-state index in [1.54, 1.807) is 0 Å². The number of aromatic nitrogens is 2. The van der Waals surface area contributed by atoms with Crippen LogP contribution in [0.4, 0.5) is 0 Å². The van der Waals surface area contributed by atoms with Gasteiger partial charge in [-0.05, 0) is 28.3 Å². The minimum atomic E-state index is -0.111. The van der Waals surface area contributed by atoms with Gasteiger partial charge in [0, 0.05) is 0 Å². The van der Waals surface area contributed by atoms with Crippen LogP contribution in [0.1, 0.15) is 19.5 Å². The van der Waals surface area contributed by atoms with Crippen LogP contribution in [0.15, 0.2) is 15.6 Å². The van der Waals surface area contributed by atoms with E-state index >= 15 is 0 Å². The van der Waals surface area contributed by atoms with Crippen molar-refractivity contribution < 1.29 is 0 Å². The van der Waals surface area contributed by atoms with Gasteiger partial charge < -0.3 is 4.98 Å². The average molecular weight is 231 g/mol. The number of hydrogen-bond acceptors (Lipinski definition) is 2. The number of aromatic amines is 1. The summed E-state index contributed by atoms with van der Waals surface area (Å²) >= 11 is 3.20. The second-order valence-electron chi connectivity index (χ2n) is 3.09. The standard InChI is InChI=1S/C8H11BrN2O/c1-5(2)3-6-7(9)8(12)11-4-10-6/h4-5H,3H2,1-2H3,(H,10,11,12). The lowest BCUT2D eigenvalue weighted by atomic mass is 10.1. The summed E-state index contributed by atoms with van der Waals surface area (Å²) in [5.41, 5.74) is 0.717.